The number of halogens is 1. The predicted octanol–water partition coefficient (Wildman–Crippen LogP) is 5.27. The fourth-order valence-corrected chi connectivity index (χ4v) is 3.58. The molecule has 0 aliphatic heterocycles. The van der Waals surface area contributed by atoms with E-state index in [1.807, 2.05) is 18.2 Å². The minimum atomic E-state index is -0.320. The monoisotopic (exact) mass is 402 g/mol. The van der Waals surface area contributed by atoms with Crippen LogP contribution in [0.5, 0.6) is 5.75 Å². The number of rotatable bonds is 5. The Labute approximate surface area is 175 Å². The van der Waals surface area contributed by atoms with E-state index >= 15 is 0 Å². The molecule has 5 heteroatoms. The van der Waals surface area contributed by atoms with E-state index in [4.69, 9.17) is 4.74 Å². The number of carbonyl (C=O) groups excluding carboxylic acids is 1. The Morgan fingerprint density at radius 3 is 2.53 bits per heavy atom. The lowest BCUT2D eigenvalue weighted by atomic mass is 10.0. The maximum Gasteiger partial charge on any atom is 0.275 e. The van der Waals surface area contributed by atoms with Crippen LogP contribution in [0.25, 0.3) is 0 Å². The number of hydrogen-bond acceptors (Lipinski definition) is 3. The lowest BCUT2D eigenvalue weighted by Crippen LogP contribution is -2.21. The average molecular weight is 402 g/mol. The van der Waals surface area contributed by atoms with Gasteiger partial charge >= 0.3 is 0 Å². The molecule has 4 nitrogen and oxygen atoms in total. The topological polar surface area (TPSA) is 50.7 Å². The van der Waals surface area contributed by atoms with Crippen molar-refractivity contribution in [1.82, 2.24) is 5.43 Å². The predicted molar refractivity (Wildman–Crippen MR) is 115 cm³/mol. The van der Waals surface area contributed by atoms with E-state index in [0.29, 0.717) is 11.3 Å². The van der Waals surface area contributed by atoms with Crippen molar-refractivity contribution in [1.29, 1.82) is 0 Å². The summed E-state index contributed by atoms with van der Waals surface area (Å²) < 4.78 is 18.9. The van der Waals surface area contributed by atoms with Crippen molar-refractivity contribution >= 4 is 11.6 Å². The van der Waals surface area contributed by atoms with Gasteiger partial charge < -0.3 is 4.74 Å². The van der Waals surface area contributed by atoms with Crippen molar-refractivity contribution in [2.75, 3.05) is 0 Å². The van der Waals surface area contributed by atoms with E-state index in [9.17, 15) is 9.18 Å². The SMILES string of the molecule is O=C(N/N=C1/CCCCc2ccccc21)c1ccccc1OCc1ccc(F)cc1. The minimum Gasteiger partial charge on any atom is -0.488 e. The Hall–Kier alpha value is -3.47. The summed E-state index contributed by atoms with van der Waals surface area (Å²) in [5, 5.41) is 4.45. The number of nitrogens with zero attached hydrogens (tertiary/aromatic N) is 1. The molecule has 0 bridgehead atoms. The molecule has 0 heterocycles. The van der Waals surface area contributed by atoms with Crippen LogP contribution in [-0.4, -0.2) is 11.6 Å². The second kappa shape index (κ2) is 9.35. The number of hydrogen-bond donors (Lipinski definition) is 1. The highest BCUT2D eigenvalue weighted by Gasteiger charge is 2.16. The van der Waals surface area contributed by atoms with Crippen LogP contribution in [0, 0.1) is 5.82 Å². The number of amides is 1. The molecule has 4 rings (SSSR count). The summed E-state index contributed by atoms with van der Waals surface area (Å²) >= 11 is 0. The van der Waals surface area contributed by atoms with Crippen LogP contribution in [0.2, 0.25) is 0 Å². The summed E-state index contributed by atoms with van der Waals surface area (Å²) in [5.74, 6) is -0.155. The smallest absolute Gasteiger partial charge is 0.275 e. The van der Waals surface area contributed by atoms with Crippen molar-refractivity contribution < 1.29 is 13.9 Å². The van der Waals surface area contributed by atoms with Crippen LogP contribution in [0.1, 0.15) is 46.3 Å². The van der Waals surface area contributed by atoms with Gasteiger partial charge in [-0.25, -0.2) is 9.82 Å². The van der Waals surface area contributed by atoms with Crippen molar-refractivity contribution in [3.05, 3.63) is 101 Å². The molecule has 0 fully saturated rings. The number of hydrazone groups is 1. The molecule has 0 atom stereocenters. The summed E-state index contributed by atoms with van der Waals surface area (Å²) in [6.07, 6.45) is 4.02. The molecule has 0 unspecified atom stereocenters. The van der Waals surface area contributed by atoms with Gasteiger partial charge in [-0.2, -0.15) is 5.10 Å². The number of nitrogens with one attached hydrogen (secondary N) is 1. The minimum absolute atomic E-state index is 0.243. The van der Waals surface area contributed by atoms with E-state index in [0.717, 1.165) is 42.5 Å². The van der Waals surface area contributed by atoms with Crippen molar-refractivity contribution in [3.8, 4) is 5.75 Å². The van der Waals surface area contributed by atoms with Gasteiger partial charge in [0, 0.05) is 5.56 Å². The van der Waals surface area contributed by atoms with Gasteiger partial charge in [0.25, 0.3) is 5.91 Å². The standard InChI is InChI=1S/C25H23FN2O2/c26-20-15-13-18(14-16-20)17-30-24-12-6-4-10-22(24)25(29)28-27-23-11-5-2-8-19-7-1-3-9-21(19)23/h1,3-4,6-7,9-10,12-16H,2,5,8,11,17H2,(H,28,29)/b27-23-. The maximum atomic E-state index is 13.1. The Bertz CT molecular complexity index is 1060. The molecule has 0 radical (unpaired) electrons. The van der Waals surface area contributed by atoms with Gasteiger partial charge in [-0.3, -0.25) is 4.79 Å². The molecule has 1 amide bonds. The second-order valence-electron chi connectivity index (χ2n) is 7.27. The summed E-state index contributed by atoms with van der Waals surface area (Å²) in [6.45, 7) is 0.243. The summed E-state index contributed by atoms with van der Waals surface area (Å²) in [4.78, 5) is 12.8. The van der Waals surface area contributed by atoms with Crippen LogP contribution < -0.4 is 10.2 Å². The van der Waals surface area contributed by atoms with E-state index in [1.54, 1.807) is 30.3 Å². The van der Waals surface area contributed by atoms with Gasteiger partial charge in [0.05, 0.1) is 11.3 Å². The highest BCUT2D eigenvalue weighted by atomic mass is 19.1. The van der Waals surface area contributed by atoms with Crippen LogP contribution >= 0.6 is 0 Å². The van der Waals surface area contributed by atoms with E-state index in [-0.39, 0.29) is 18.3 Å². The number of fused-ring (bicyclic) bond motifs is 1. The van der Waals surface area contributed by atoms with Gasteiger partial charge in [-0.15, -0.1) is 0 Å². The van der Waals surface area contributed by atoms with Gasteiger partial charge in [-0.1, -0.05) is 48.5 Å². The van der Waals surface area contributed by atoms with Crippen LogP contribution in [0.4, 0.5) is 4.39 Å². The Kier molecular flexibility index (Phi) is 6.18. The molecule has 0 aromatic heterocycles. The zero-order chi connectivity index (χ0) is 20.8. The molecule has 3 aromatic carbocycles. The normalized spacial score (nSPS) is 14.6. The van der Waals surface area contributed by atoms with E-state index in [1.165, 1.54) is 17.7 Å². The Morgan fingerprint density at radius 2 is 1.67 bits per heavy atom. The first-order valence-electron chi connectivity index (χ1n) is 10.1. The number of ether oxygens (including phenoxy) is 1. The van der Waals surface area contributed by atoms with Crippen LogP contribution in [0.15, 0.2) is 77.9 Å². The molecule has 1 aliphatic rings. The molecule has 0 spiro atoms. The summed E-state index contributed by atoms with van der Waals surface area (Å²) in [6, 6.07) is 21.4. The Balaban J connectivity index is 1.49. The van der Waals surface area contributed by atoms with Gasteiger partial charge in [0.1, 0.15) is 18.2 Å². The molecule has 152 valence electrons. The lowest BCUT2D eigenvalue weighted by molar-refractivity contribution is 0.0950. The highest BCUT2D eigenvalue weighted by Crippen LogP contribution is 2.22. The molecule has 1 N–H and O–H groups in total. The molecule has 3 aromatic rings. The summed E-state index contributed by atoms with van der Waals surface area (Å²) in [5.41, 5.74) is 7.21. The van der Waals surface area contributed by atoms with E-state index in [2.05, 4.69) is 22.7 Å². The van der Waals surface area contributed by atoms with Gasteiger partial charge in [0.15, 0.2) is 0 Å². The summed E-state index contributed by atoms with van der Waals surface area (Å²) in [7, 11) is 0. The van der Waals surface area contributed by atoms with Crippen molar-refractivity contribution in [3.63, 3.8) is 0 Å². The van der Waals surface area contributed by atoms with Gasteiger partial charge in [0.2, 0.25) is 0 Å². The highest BCUT2D eigenvalue weighted by molar-refractivity contribution is 6.04. The number of aryl methyl sites for hydroxylation is 1. The molecule has 0 saturated carbocycles. The maximum absolute atomic E-state index is 13.1. The third kappa shape index (κ3) is 4.74. The first-order valence-corrected chi connectivity index (χ1v) is 10.1. The van der Waals surface area contributed by atoms with Gasteiger partial charge in [-0.05, 0) is 61.1 Å². The quantitative estimate of drug-likeness (QED) is 0.467. The van der Waals surface area contributed by atoms with E-state index < -0.39 is 0 Å². The lowest BCUT2D eigenvalue weighted by Gasteiger charge is -2.11. The number of carbonyl (C=O) groups is 1. The fourth-order valence-electron chi connectivity index (χ4n) is 3.58. The molecular weight excluding hydrogens is 379 g/mol. The van der Waals surface area contributed by atoms with Crippen molar-refractivity contribution in [2.24, 2.45) is 5.10 Å². The molecule has 1 aliphatic carbocycles. The third-order valence-electron chi connectivity index (χ3n) is 5.17. The molecule has 0 saturated heterocycles. The average Bonchev–Trinajstić information content (AvgIpc) is 2.99. The first kappa shape index (κ1) is 19.8. The Morgan fingerprint density at radius 1 is 0.933 bits per heavy atom. The zero-order valence-electron chi connectivity index (χ0n) is 16.6. The molecular formula is C25H23FN2O2. The largest absolute Gasteiger partial charge is 0.488 e. The second-order valence-corrected chi connectivity index (χ2v) is 7.27. The first-order chi connectivity index (χ1) is 14.7. The van der Waals surface area contributed by atoms with Crippen molar-refractivity contribution in [2.45, 2.75) is 32.3 Å². The van der Waals surface area contributed by atoms with Crippen LogP contribution in [-0.2, 0) is 13.0 Å². The van der Waals surface area contributed by atoms with Crippen LogP contribution in [0.3, 0.4) is 0 Å². The fraction of sp³-hybridized carbons (Fsp3) is 0.200. The number of para-hydroxylation sites is 1. The third-order valence-corrected chi connectivity index (χ3v) is 5.17. The number of benzene rings is 3. The zero-order valence-corrected chi connectivity index (χ0v) is 16.6. The molecule has 30 heavy (non-hydrogen) atoms.